The van der Waals surface area contributed by atoms with Crippen molar-refractivity contribution in [3.8, 4) is 0 Å². The molecule has 0 spiro atoms. The summed E-state index contributed by atoms with van der Waals surface area (Å²) in [7, 11) is -3.51. The molecule has 1 aromatic carbocycles. The van der Waals surface area contributed by atoms with Crippen LogP contribution in [0, 0.1) is 12.8 Å². The summed E-state index contributed by atoms with van der Waals surface area (Å²) < 4.78 is 25.8. The zero-order valence-corrected chi connectivity index (χ0v) is 13.0. The number of benzene rings is 1. The zero-order valence-electron chi connectivity index (χ0n) is 12.2. The van der Waals surface area contributed by atoms with Crippen LogP contribution < -0.4 is 5.32 Å². The van der Waals surface area contributed by atoms with E-state index in [1.165, 1.54) is 0 Å². The lowest BCUT2D eigenvalue weighted by molar-refractivity contribution is -0.115. The molecule has 2 atom stereocenters. The summed E-state index contributed by atoms with van der Waals surface area (Å²) in [6, 6.07) is 6.88. The van der Waals surface area contributed by atoms with Crippen molar-refractivity contribution in [2.24, 2.45) is 5.92 Å². The van der Waals surface area contributed by atoms with Gasteiger partial charge in [0.25, 0.3) is 0 Å². The number of piperidine rings is 1. The van der Waals surface area contributed by atoms with E-state index in [4.69, 9.17) is 0 Å². The van der Waals surface area contributed by atoms with Crippen molar-refractivity contribution in [2.75, 3.05) is 6.54 Å². The van der Waals surface area contributed by atoms with E-state index in [1.54, 1.807) is 31.2 Å². The van der Waals surface area contributed by atoms with Gasteiger partial charge in [0.05, 0.1) is 4.90 Å². The van der Waals surface area contributed by atoms with E-state index in [9.17, 15) is 13.2 Å². The fourth-order valence-electron chi connectivity index (χ4n) is 3.26. The van der Waals surface area contributed by atoms with Gasteiger partial charge in [-0.2, -0.15) is 0 Å². The molecule has 0 radical (unpaired) electrons. The summed E-state index contributed by atoms with van der Waals surface area (Å²) in [5.74, 6) is 0.173. The van der Waals surface area contributed by atoms with Gasteiger partial charge in [0, 0.05) is 6.42 Å². The van der Waals surface area contributed by atoms with E-state index in [0.29, 0.717) is 23.4 Å². The molecular formula is C16H19NO3S. The first-order chi connectivity index (χ1) is 9.91. The van der Waals surface area contributed by atoms with Crippen molar-refractivity contribution in [1.82, 2.24) is 5.32 Å². The maximum absolute atomic E-state index is 12.9. The quantitative estimate of drug-likeness (QED) is 0.907. The van der Waals surface area contributed by atoms with E-state index >= 15 is 0 Å². The van der Waals surface area contributed by atoms with Gasteiger partial charge < -0.3 is 0 Å². The molecule has 0 amide bonds. The number of sulfone groups is 1. The van der Waals surface area contributed by atoms with Gasteiger partial charge in [-0.1, -0.05) is 17.7 Å². The maximum Gasteiger partial charge on any atom is 0.198 e. The highest BCUT2D eigenvalue weighted by Crippen LogP contribution is 2.39. The van der Waals surface area contributed by atoms with Crippen molar-refractivity contribution in [3.05, 3.63) is 41.0 Å². The summed E-state index contributed by atoms with van der Waals surface area (Å²) >= 11 is 0. The molecule has 5 heteroatoms. The lowest BCUT2D eigenvalue weighted by Crippen LogP contribution is -2.44. The molecule has 0 saturated carbocycles. The molecule has 1 aliphatic heterocycles. The van der Waals surface area contributed by atoms with Gasteiger partial charge in [-0.15, -0.1) is 0 Å². The molecule has 1 unspecified atom stereocenters. The van der Waals surface area contributed by atoms with Crippen LogP contribution in [0.1, 0.15) is 25.3 Å². The largest absolute Gasteiger partial charge is 0.297 e. The highest BCUT2D eigenvalue weighted by Gasteiger charge is 2.42. The summed E-state index contributed by atoms with van der Waals surface area (Å²) in [4.78, 5) is 12.2. The van der Waals surface area contributed by atoms with Crippen molar-refractivity contribution in [1.29, 1.82) is 0 Å². The minimum atomic E-state index is -3.51. The molecule has 4 nitrogen and oxygen atoms in total. The standard InChI is InChI=1S/C16H19NO3S/c1-10-3-5-13(6-4-10)21(19,20)16-15-11(2)14(18)9-12(15)7-8-17-16/h3-6,12,16-17H,7-9H2,1-2H3/t12-,16?/m0/s1. The van der Waals surface area contributed by atoms with Crippen LogP contribution in [0.5, 0.6) is 0 Å². The molecule has 1 aromatic rings. The van der Waals surface area contributed by atoms with Gasteiger partial charge in [-0.05, 0) is 56.0 Å². The summed E-state index contributed by atoms with van der Waals surface area (Å²) in [6.45, 7) is 4.31. The minimum absolute atomic E-state index is 0.0859. The number of aryl methyl sites for hydroxylation is 1. The third-order valence-corrected chi connectivity index (χ3v) is 6.46. The van der Waals surface area contributed by atoms with E-state index < -0.39 is 15.2 Å². The monoisotopic (exact) mass is 305 g/mol. The van der Waals surface area contributed by atoms with Crippen LogP contribution in [0.25, 0.3) is 0 Å². The van der Waals surface area contributed by atoms with E-state index in [0.717, 1.165) is 17.6 Å². The molecule has 21 heavy (non-hydrogen) atoms. The van der Waals surface area contributed by atoms with Crippen LogP contribution in [0.4, 0.5) is 0 Å². The van der Waals surface area contributed by atoms with Gasteiger partial charge >= 0.3 is 0 Å². The lowest BCUT2D eigenvalue weighted by Gasteiger charge is -2.30. The van der Waals surface area contributed by atoms with Crippen molar-refractivity contribution >= 4 is 15.6 Å². The second-order valence-electron chi connectivity index (χ2n) is 5.89. The van der Waals surface area contributed by atoms with Gasteiger partial charge in [-0.25, -0.2) is 8.42 Å². The highest BCUT2D eigenvalue weighted by molar-refractivity contribution is 7.92. The number of hydrogen-bond donors (Lipinski definition) is 1. The summed E-state index contributed by atoms with van der Waals surface area (Å²) in [5.41, 5.74) is 2.44. The Kier molecular flexibility index (Phi) is 3.50. The van der Waals surface area contributed by atoms with E-state index in [2.05, 4.69) is 5.32 Å². The third-order valence-electron chi connectivity index (χ3n) is 4.49. The molecule has 1 aliphatic carbocycles. The maximum atomic E-state index is 12.9. The average molecular weight is 305 g/mol. The predicted molar refractivity (Wildman–Crippen MR) is 80.6 cm³/mol. The minimum Gasteiger partial charge on any atom is -0.297 e. The number of carbonyl (C=O) groups is 1. The van der Waals surface area contributed by atoms with Crippen molar-refractivity contribution in [2.45, 2.75) is 37.0 Å². The number of ketones is 1. The Hall–Kier alpha value is -1.46. The lowest BCUT2D eigenvalue weighted by atomic mass is 9.93. The number of hydrogen-bond acceptors (Lipinski definition) is 4. The van der Waals surface area contributed by atoms with Gasteiger partial charge in [-0.3, -0.25) is 10.1 Å². The fraction of sp³-hybridized carbons (Fsp3) is 0.438. The second kappa shape index (κ2) is 5.07. The molecule has 1 fully saturated rings. The van der Waals surface area contributed by atoms with Crippen LogP contribution >= 0.6 is 0 Å². The first-order valence-corrected chi connectivity index (χ1v) is 8.73. The number of allylic oxidation sites excluding steroid dienone is 1. The first kappa shape index (κ1) is 14.5. The first-order valence-electron chi connectivity index (χ1n) is 7.19. The van der Waals surface area contributed by atoms with Gasteiger partial charge in [0.1, 0.15) is 5.37 Å². The normalized spacial score (nSPS) is 26.1. The molecule has 1 heterocycles. The predicted octanol–water partition coefficient (Wildman–Crippen LogP) is 1.99. The Morgan fingerprint density at radius 3 is 2.48 bits per heavy atom. The number of Topliss-reactive ketones (excluding diaryl/α,β-unsaturated/α-hetero) is 1. The molecule has 0 bridgehead atoms. The molecular weight excluding hydrogens is 286 g/mol. The van der Waals surface area contributed by atoms with E-state index in [1.807, 2.05) is 6.92 Å². The van der Waals surface area contributed by atoms with Crippen molar-refractivity contribution in [3.63, 3.8) is 0 Å². The highest BCUT2D eigenvalue weighted by atomic mass is 32.2. The van der Waals surface area contributed by atoms with E-state index in [-0.39, 0.29) is 11.7 Å². The van der Waals surface area contributed by atoms with Crippen molar-refractivity contribution < 1.29 is 13.2 Å². The average Bonchev–Trinajstić information content (AvgIpc) is 2.74. The van der Waals surface area contributed by atoms with Gasteiger partial charge in [0.15, 0.2) is 15.6 Å². The number of rotatable bonds is 2. The van der Waals surface area contributed by atoms with Crippen LogP contribution in [0.2, 0.25) is 0 Å². The zero-order chi connectivity index (χ0) is 15.2. The van der Waals surface area contributed by atoms with Gasteiger partial charge in [0.2, 0.25) is 0 Å². The smallest absolute Gasteiger partial charge is 0.198 e. The molecule has 1 N–H and O–H groups in total. The van der Waals surface area contributed by atoms with Crippen LogP contribution in [-0.4, -0.2) is 26.1 Å². The third kappa shape index (κ3) is 2.34. The molecule has 1 saturated heterocycles. The van der Waals surface area contributed by atoms with Crippen LogP contribution in [-0.2, 0) is 14.6 Å². The molecule has 0 aromatic heterocycles. The second-order valence-corrected chi connectivity index (χ2v) is 7.92. The Bertz CT molecular complexity index is 716. The number of carbonyl (C=O) groups excluding carboxylic acids is 1. The number of fused-ring (bicyclic) bond motifs is 1. The molecule has 3 rings (SSSR count). The van der Waals surface area contributed by atoms with Crippen LogP contribution in [0.3, 0.4) is 0 Å². The molecule has 2 aliphatic rings. The fourth-order valence-corrected chi connectivity index (χ4v) is 5.09. The number of nitrogens with one attached hydrogen (secondary N) is 1. The summed E-state index contributed by atoms with van der Waals surface area (Å²) in [5, 5.41) is 2.34. The molecule has 112 valence electrons. The van der Waals surface area contributed by atoms with Crippen LogP contribution in [0.15, 0.2) is 40.3 Å². The Morgan fingerprint density at radius 2 is 1.81 bits per heavy atom. The Labute approximate surface area is 125 Å². The topological polar surface area (TPSA) is 63.2 Å². The summed E-state index contributed by atoms with van der Waals surface area (Å²) in [6.07, 6.45) is 1.29. The SMILES string of the molecule is CC1=C2C(S(=O)(=O)c3ccc(C)cc3)NCC[C@H]2CC1=O. The Morgan fingerprint density at radius 1 is 1.14 bits per heavy atom. The Balaban J connectivity index is 2.06.